The molecular weight excluding hydrogens is 326 g/mol. The van der Waals surface area contributed by atoms with E-state index in [4.69, 9.17) is 0 Å². The average molecular weight is 353 g/mol. The SMILES string of the molecule is CCNC(=NCc1ccccn1)NCCc1cccc(C(=O)N(C)C)c1. The van der Waals surface area contributed by atoms with Crippen molar-refractivity contribution in [3.63, 3.8) is 0 Å². The second-order valence-electron chi connectivity index (χ2n) is 6.09. The van der Waals surface area contributed by atoms with Gasteiger partial charge in [-0.2, -0.15) is 0 Å². The highest BCUT2D eigenvalue weighted by Crippen LogP contribution is 2.07. The molecule has 0 atom stereocenters. The fraction of sp³-hybridized carbons (Fsp3) is 0.350. The van der Waals surface area contributed by atoms with E-state index >= 15 is 0 Å². The van der Waals surface area contributed by atoms with E-state index in [0.717, 1.165) is 36.7 Å². The quantitative estimate of drug-likeness (QED) is 0.591. The summed E-state index contributed by atoms with van der Waals surface area (Å²) in [5, 5.41) is 6.56. The number of rotatable bonds is 7. The first-order valence-electron chi connectivity index (χ1n) is 8.83. The van der Waals surface area contributed by atoms with Gasteiger partial charge < -0.3 is 15.5 Å². The Morgan fingerprint density at radius 2 is 2.00 bits per heavy atom. The minimum atomic E-state index is 0.0186. The maximum atomic E-state index is 12.1. The van der Waals surface area contributed by atoms with Crippen LogP contribution in [-0.2, 0) is 13.0 Å². The average Bonchev–Trinajstić information content (AvgIpc) is 2.66. The molecule has 2 aromatic rings. The van der Waals surface area contributed by atoms with Crippen LogP contribution in [0.1, 0.15) is 28.5 Å². The molecule has 6 nitrogen and oxygen atoms in total. The van der Waals surface area contributed by atoms with Crippen LogP contribution in [0.25, 0.3) is 0 Å². The second-order valence-corrected chi connectivity index (χ2v) is 6.09. The van der Waals surface area contributed by atoms with Crippen molar-refractivity contribution in [2.45, 2.75) is 19.9 Å². The van der Waals surface area contributed by atoms with Gasteiger partial charge in [0.25, 0.3) is 5.91 Å². The lowest BCUT2D eigenvalue weighted by Gasteiger charge is -2.13. The van der Waals surface area contributed by atoms with Gasteiger partial charge in [0.15, 0.2) is 5.96 Å². The Bertz CT molecular complexity index is 728. The van der Waals surface area contributed by atoms with Crippen LogP contribution in [-0.4, -0.2) is 48.9 Å². The van der Waals surface area contributed by atoms with E-state index in [1.54, 1.807) is 25.2 Å². The maximum absolute atomic E-state index is 12.1. The summed E-state index contributed by atoms with van der Waals surface area (Å²) in [6.45, 7) is 4.09. The van der Waals surface area contributed by atoms with Crippen molar-refractivity contribution in [3.05, 3.63) is 65.5 Å². The van der Waals surface area contributed by atoms with E-state index in [9.17, 15) is 4.79 Å². The molecule has 1 heterocycles. The number of aromatic nitrogens is 1. The maximum Gasteiger partial charge on any atom is 0.253 e. The summed E-state index contributed by atoms with van der Waals surface area (Å²) in [6, 6.07) is 13.6. The number of amides is 1. The summed E-state index contributed by atoms with van der Waals surface area (Å²) in [5.41, 5.74) is 2.76. The number of guanidine groups is 1. The predicted molar refractivity (Wildman–Crippen MR) is 105 cm³/mol. The standard InChI is InChI=1S/C20H27N5O/c1-4-21-20(24-15-18-10-5-6-12-22-18)23-13-11-16-8-7-9-17(14-16)19(26)25(2)3/h5-10,12,14H,4,11,13,15H2,1-3H3,(H2,21,23,24). The van der Waals surface area contributed by atoms with E-state index in [-0.39, 0.29) is 5.91 Å². The first kappa shape index (κ1) is 19.4. The topological polar surface area (TPSA) is 69.6 Å². The molecule has 0 radical (unpaired) electrons. The van der Waals surface area contributed by atoms with Crippen LogP contribution in [0.5, 0.6) is 0 Å². The van der Waals surface area contributed by atoms with Crippen LogP contribution < -0.4 is 10.6 Å². The highest BCUT2D eigenvalue weighted by atomic mass is 16.2. The third-order valence-corrected chi connectivity index (χ3v) is 3.76. The second kappa shape index (κ2) is 10.2. The first-order chi connectivity index (χ1) is 12.6. The Morgan fingerprint density at radius 3 is 2.69 bits per heavy atom. The lowest BCUT2D eigenvalue weighted by atomic mass is 10.1. The van der Waals surface area contributed by atoms with Gasteiger partial charge in [0.05, 0.1) is 12.2 Å². The largest absolute Gasteiger partial charge is 0.357 e. The Kier molecular flexibility index (Phi) is 7.61. The Balaban J connectivity index is 1.91. The van der Waals surface area contributed by atoms with Crippen molar-refractivity contribution >= 4 is 11.9 Å². The number of carbonyl (C=O) groups excluding carboxylic acids is 1. The van der Waals surface area contributed by atoms with Crippen LogP contribution in [0.15, 0.2) is 53.7 Å². The minimum Gasteiger partial charge on any atom is -0.357 e. The molecule has 0 saturated heterocycles. The van der Waals surface area contributed by atoms with Crippen LogP contribution in [0, 0.1) is 0 Å². The van der Waals surface area contributed by atoms with Gasteiger partial charge in [0.2, 0.25) is 0 Å². The molecule has 1 aromatic heterocycles. The summed E-state index contributed by atoms with van der Waals surface area (Å²) in [6.07, 6.45) is 2.58. The van der Waals surface area contributed by atoms with Gasteiger partial charge in [-0.05, 0) is 43.2 Å². The molecule has 0 bridgehead atoms. The number of nitrogens with zero attached hydrogens (tertiary/aromatic N) is 3. The molecule has 0 aliphatic carbocycles. The number of nitrogens with one attached hydrogen (secondary N) is 2. The lowest BCUT2D eigenvalue weighted by Crippen LogP contribution is -2.38. The molecule has 1 amide bonds. The number of carbonyl (C=O) groups is 1. The van der Waals surface area contributed by atoms with Crippen molar-refractivity contribution in [2.24, 2.45) is 4.99 Å². The van der Waals surface area contributed by atoms with Gasteiger partial charge >= 0.3 is 0 Å². The number of pyridine rings is 1. The molecule has 0 aliphatic rings. The summed E-state index contributed by atoms with van der Waals surface area (Å²) in [5.74, 6) is 0.781. The molecule has 0 unspecified atom stereocenters. The molecule has 2 N–H and O–H groups in total. The summed E-state index contributed by atoms with van der Waals surface area (Å²) in [7, 11) is 3.52. The lowest BCUT2D eigenvalue weighted by molar-refractivity contribution is 0.0827. The minimum absolute atomic E-state index is 0.0186. The molecule has 6 heteroatoms. The van der Waals surface area contributed by atoms with E-state index in [1.165, 1.54) is 0 Å². The van der Waals surface area contributed by atoms with Crippen molar-refractivity contribution < 1.29 is 4.79 Å². The molecule has 26 heavy (non-hydrogen) atoms. The predicted octanol–water partition coefficient (Wildman–Crippen LogP) is 2.08. The summed E-state index contributed by atoms with van der Waals surface area (Å²) < 4.78 is 0. The highest BCUT2D eigenvalue weighted by molar-refractivity contribution is 5.94. The third kappa shape index (κ3) is 6.20. The van der Waals surface area contributed by atoms with Gasteiger partial charge in [-0.3, -0.25) is 9.78 Å². The number of benzene rings is 1. The number of aliphatic imine (C=N–C) groups is 1. The van der Waals surface area contributed by atoms with Crippen LogP contribution >= 0.6 is 0 Å². The van der Waals surface area contributed by atoms with Crippen LogP contribution in [0.3, 0.4) is 0 Å². The van der Waals surface area contributed by atoms with Crippen molar-refractivity contribution in [1.29, 1.82) is 0 Å². The van der Waals surface area contributed by atoms with Crippen LogP contribution in [0.2, 0.25) is 0 Å². The smallest absolute Gasteiger partial charge is 0.253 e. The molecule has 138 valence electrons. The third-order valence-electron chi connectivity index (χ3n) is 3.76. The zero-order chi connectivity index (χ0) is 18.8. The van der Waals surface area contributed by atoms with E-state index in [2.05, 4.69) is 20.6 Å². The Morgan fingerprint density at radius 1 is 1.15 bits per heavy atom. The Labute approximate surface area is 155 Å². The molecule has 0 fully saturated rings. The van der Waals surface area contributed by atoms with Gasteiger partial charge in [-0.15, -0.1) is 0 Å². The van der Waals surface area contributed by atoms with Crippen molar-refractivity contribution in [3.8, 4) is 0 Å². The monoisotopic (exact) mass is 353 g/mol. The van der Waals surface area contributed by atoms with E-state index < -0.39 is 0 Å². The molecule has 0 aliphatic heterocycles. The van der Waals surface area contributed by atoms with Gasteiger partial charge in [0.1, 0.15) is 0 Å². The molecular formula is C20H27N5O. The van der Waals surface area contributed by atoms with Gasteiger partial charge in [-0.25, -0.2) is 4.99 Å². The normalized spacial score (nSPS) is 11.1. The van der Waals surface area contributed by atoms with Gasteiger partial charge in [-0.1, -0.05) is 18.2 Å². The fourth-order valence-corrected chi connectivity index (χ4v) is 2.44. The number of hydrogen-bond acceptors (Lipinski definition) is 3. The highest BCUT2D eigenvalue weighted by Gasteiger charge is 2.08. The zero-order valence-corrected chi connectivity index (χ0v) is 15.7. The van der Waals surface area contributed by atoms with Crippen molar-refractivity contribution in [2.75, 3.05) is 27.2 Å². The first-order valence-corrected chi connectivity index (χ1v) is 8.83. The van der Waals surface area contributed by atoms with E-state index in [1.807, 2.05) is 49.4 Å². The number of hydrogen-bond donors (Lipinski definition) is 2. The van der Waals surface area contributed by atoms with Crippen LogP contribution in [0.4, 0.5) is 0 Å². The summed E-state index contributed by atoms with van der Waals surface area (Å²) in [4.78, 5) is 22.5. The summed E-state index contributed by atoms with van der Waals surface area (Å²) >= 11 is 0. The molecule has 1 aromatic carbocycles. The molecule has 0 saturated carbocycles. The van der Waals surface area contributed by atoms with E-state index in [0.29, 0.717) is 12.1 Å². The van der Waals surface area contributed by atoms with Gasteiger partial charge in [0, 0.05) is 38.9 Å². The fourth-order valence-electron chi connectivity index (χ4n) is 2.44. The molecule has 2 rings (SSSR count). The Hall–Kier alpha value is -2.89. The van der Waals surface area contributed by atoms with Crippen molar-refractivity contribution in [1.82, 2.24) is 20.5 Å². The molecule has 0 spiro atoms. The zero-order valence-electron chi connectivity index (χ0n) is 15.7.